The lowest BCUT2D eigenvalue weighted by molar-refractivity contribution is -0.385. The first kappa shape index (κ1) is 15.3. The second-order valence-electron chi connectivity index (χ2n) is 4.48. The molecule has 0 radical (unpaired) electrons. The van der Waals surface area contributed by atoms with Crippen LogP contribution in [0, 0.1) is 15.9 Å². The number of rotatable bonds is 4. The van der Waals surface area contributed by atoms with Crippen molar-refractivity contribution in [2.75, 3.05) is 6.54 Å². The Morgan fingerprint density at radius 1 is 1.48 bits per heavy atom. The van der Waals surface area contributed by atoms with Crippen LogP contribution in [0.15, 0.2) is 23.1 Å². The van der Waals surface area contributed by atoms with Crippen molar-refractivity contribution in [2.45, 2.75) is 23.8 Å². The largest absolute Gasteiger partial charge is 0.480 e. The molecule has 0 saturated carbocycles. The molecule has 1 aromatic rings. The van der Waals surface area contributed by atoms with Crippen LogP contribution in [0.4, 0.5) is 10.1 Å². The summed E-state index contributed by atoms with van der Waals surface area (Å²) in [7, 11) is -4.35. The molecule has 0 bridgehead atoms. The molecule has 0 unspecified atom stereocenters. The van der Waals surface area contributed by atoms with Crippen LogP contribution >= 0.6 is 0 Å². The molecule has 2 rings (SSSR count). The van der Waals surface area contributed by atoms with E-state index in [4.69, 9.17) is 5.11 Å². The van der Waals surface area contributed by atoms with Gasteiger partial charge in [0.05, 0.1) is 11.0 Å². The zero-order valence-corrected chi connectivity index (χ0v) is 11.4. The topological polar surface area (TPSA) is 118 Å². The van der Waals surface area contributed by atoms with Gasteiger partial charge in [-0.1, -0.05) is 0 Å². The fourth-order valence-corrected chi connectivity index (χ4v) is 3.91. The number of nitro groups is 1. The van der Waals surface area contributed by atoms with Crippen molar-refractivity contribution in [3.05, 3.63) is 34.1 Å². The molecule has 0 amide bonds. The second-order valence-corrected chi connectivity index (χ2v) is 6.34. The van der Waals surface area contributed by atoms with E-state index in [1.807, 2.05) is 0 Å². The summed E-state index contributed by atoms with van der Waals surface area (Å²) >= 11 is 0. The number of hydrogen-bond acceptors (Lipinski definition) is 5. The number of nitro benzene ring substituents is 1. The van der Waals surface area contributed by atoms with Crippen molar-refractivity contribution in [2.24, 2.45) is 0 Å². The maximum Gasteiger partial charge on any atom is 0.322 e. The van der Waals surface area contributed by atoms with Crippen molar-refractivity contribution in [3.63, 3.8) is 0 Å². The van der Waals surface area contributed by atoms with Crippen LogP contribution < -0.4 is 0 Å². The van der Waals surface area contributed by atoms with Gasteiger partial charge in [0.25, 0.3) is 5.69 Å². The molecule has 1 saturated heterocycles. The van der Waals surface area contributed by atoms with Crippen molar-refractivity contribution in [1.82, 2.24) is 4.31 Å². The predicted octanol–water partition coefficient (Wildman–Crippen LogP) is 0.972. The minimum absolute atomic E-state index is 0.0320. The van der Waals surface area contributed by atoms with E-state index >= 15 is 0 Å². The van der Waals surface area contributed by atoms with E-state index in [-0.39, 0.29) is 13.0 Å². The van der Waals surface area contributed by atoms with Gasteiger partial charge in [-0.2, -0.15) is 4.31 Å². The lowest BCUT2D eigenvalue weighted by Crippen LogP contribution is -2.40. The SMILES string of the molecule is O=C(O)[C@H]1CCCN1S(=O)(=O)c1ccc([N+](=O)[O-])cc1F. The fourth-order valence-electron chi connectivity index (χ4n) is 2.21. The van der Waals surface area contributed by atoms with Crippen molar-refractivity contribution >= 4 is 21.7 Å². The number of non-ortho nitro benzene ring substituents is 1. The molecule has 1 N–H and O–H groups in total. The number of carboxylic acids is 1. The molecular weight excluding hydrogens is 307 g/mol. The molecule has 1 aromatic carbocycles. The smallest absolute Gasteiger partial charge is 0.322 e. The number of aliphatic carboxylic acids is 1. The molecule has 10 heteroatoms. The summed E-state index contributed by atoms with van der Waals surface area (Å²) in [6.45, 7) is -0.0320. The quantitative estimate of drug-likeness (QED) is 0.653. The third-order valence-electron chi connectivity index (χ3n) is 3.20. The van der Waals surface area contributed by atoms with Gasteiger partial charge in [0, 0.05) is 12.6 Å². The highest BCUT2D eigenvalue weighted by Gasteiger charge is 2.40. The van der Waals surface area contributed by atoms with Crippen LogP contribution in [0.3, 0.4) is 0 Å². The number of benzene rings is 1. The molecule has 21 heavy (non-hydrogen) atoms. The maximum absolute atomic E-state index is 13.8. The minimum Gasteiger partial charge on any atom is -0.480 e. The van der Waals surface area contributed by atoms with Gasteiger partial charge in [-0.3, -0.25) is 14.9 Å². The first-order chi connectivity index (χ1) is 9.75. The Kier molecular flexibility index (Phi) is 3.92. The molecule has 1 heterocycles. The summed E-state index contributed by atoms with van der Waals surface area (Å²) in [4.78, 5) is 19.9. The van der Waals surface area contributed by atoms with E-state index in [0.717, 1.165) is 12.1 Å². The standard InChI is InChI=1S/C11H11FN2O6S/c12-8-6-7(14(17)18)3-4-10(8)21(19,20)13-5-1-2-9(13)11(15)16/h3-4,6,9H,1-2,5H2,(H,15,16)/t9-/m1/s1. The van der Waals surface area contributed by atoms with E-state index in [2.05, 4.69) is 0 Å². The third kappa shape index (κ3) is 2.72. The summed E-state index contributed by atoms with van der Waals surface area (Å²) in [6.07, 6.45) is 0.494. The van der Waals surface area contributed by atoms with Gasteiger partial charge in [0.2, 0.25) is 10.0 Å². The Hall–Kier alpha value is -2.07. The Bertz CT molecular complexity index is 705. The number of carbonyl (C=O) groups is 1. The van der Waals surface area contributed by atoms with Crippen LogP contribution in [-0.2, 0) is 14.8 Å². The lowest BCUT2D eigenvalue weighted by atomic mass is 10.2. The Morgan fingerprint density at radius 3 is 2.67 bits per heavy atom. The lowest BCUT2D eigenvalue weighted by Gasteiger charge is -2.21. The predicted molar refractivity (Wildman–Crippen MR) is 67.6 cm³/mol. The van der Waals surface area contributed by atoms with E-state index < -0.39 is 43.4 Å². The zero-order chi connectivity index (χ0) is 15.8. The van der Waals surface area contributed by atoms with Crippen molar-refractivity contribution in [3.8, 4) is 0 Å². The van der Waals surface area contributed by atoms with E-state index in [1.54, 1.807) is 0 Å². The highest BCUT2D eigenvalue weighted by molar-refractivity contribution is 7.89. The van der Waals surface area contributed by atoms with Crippen LogP contribution in [0.2, 0.25) is 0 Å². The molecule has 1 fully saturated rings. The van der Waals surface area contributed by atoms with E-state index in [1.165, 1.54) is 0 Å². The summed E-state index contributed by atoms with van der Waals surface area (Å²) in [5, 5.41) is 19.5. The number of halogens is 1. The third-order valence-corrected chi connectivity index (χ3v) is 5.14. The number of hydrogen-bond donors (Lipinski definition) is 1. The summed E-state index contributed by atoms with van der Waals surface area (Å²) < 4.78 is 39.1. The van der Waals surface area contributed by atoms with Crippen molar-refractivity contribution < 1.29 is 27.6 Å². The Morgan fingerprint density at radius 2 is 2.14 bits per heavy atom. The fraction of sp³-hybridized carbons (Fsp3) is 0.364. The van der Waals surface area contributed by atoms with Gasteiger partial charge in [-0.05, 0) is 18.9 Å². The number of nitrogens with zero attached hydrogens (tertiary/aromatic N) is 2. The number of carboxylic acid groups (broad SMARTS) is 1. The van der Waals surface area contributed by atoms with Gasteiger partial charge in [-0.15, -0.1) is 0 Å². The van der Waals surface area contributed by atoms with Crippen molar-refractivity contribution in [1.29, 1.82) is 0 Å². The molecule has 8 nitrogen and oxygen atoms in total. The average molecular weight is 318 g/mol. The summed E-state index contributed by atoms with van der Waals surface area (Å²) in [5.74, 6) is -2.58. The van der Waals surface area contributed by atoms with Gasteiger partial charge in [0.15, 0.2) is 0 Å². The normalized spacial score (nSPS) is 19.6. The molecule has 0 spiro atoms. The zero-order valence-electron chi connectivity index (χ0n) is 10.6. The van der Waals surface area contributed by atoms with Gasteiger partial charge >= 0.3 is 5.97 Å². The number of sulfonamides is 1. The molecular formula is C11H11FN2O6S. The summed E-state index contributed by atoms with van der Waals surface area (Å²) in [5.41, 5.74) is -0.581. The molecule has 1 atom stereocenters. The molecule has 0 aromatic heterocycles. The van der Waals surface area contributed by atoms with Crippen LogP contribution in [0.25, 0.3) is 0 Å². The second kappa shape index (κ2) is 5.37. The van der Waals surface area contributed by atoms with E-state index in [0.29, 0.717) is 16.8 Å². The van der Waals surface area contributed by atoms with Crippen LogP contribution in [0.5, 0.6) is 0 Å². The van der Waals surface area contributed by atoms with Crippen LogP contribution in [0.1, 0.15) is 12.8 Å². The summed E-state index contributed by atoms with van der Waals surface area (Å²) in [6, 6.07) is 0.894. The van der Waals surface area contributed by atoms with Gasteiger partial charge in [0.1, 0.15) is 16.8 Å². The Labute approximate surface area is 119 Å². The Balaban J connectivity index is 2.45. The maximum atomic E-state index is 13.8. The molecule has 1 aliphatic heterocycles. The minimum atomic E-state index is -4.35. The highest BCUT2D eigenvalue weighted by atomic mass is 32.2. The van der Waals surface area contributed by atoms with Gasteiger partial charge < -0.3 is 5.11 Å². The first-order valence-corrected chi connectivity index (χ1v) is 7.37. The van der Waals surface area contributed by atoms with Crippen LogP contribution in [-0.4, -0.2) is 41.3 Å². The van der Waals surface area contributed by atoms with E-state index in [9.17, 15) is 27.7 Å². The average Bonchev–Trinajstić information content (AvgIpc) is 2.88. The molecule has 0 aliphatic carbocycles. The van der Waals surface area contributed by atoms with Gasteiger partial charge in [-0.25, -0.2) is 12.8 Å². The highest BCUT2D eigenvalue weighted by Crippen LogP contribution is 2.29. The monoisotopic (exact) mass is 318 g/mol. The molecule has 114 valence electrons. The first-order valence-electron chi connectivity index (χ1n) is 5.93. The molecule has 1 aliphatic rings.